The number of rotatable bonds is 11. The second-order valence-electron chi connectivity index (χ2n) is 9.61. The maximum atomic E-state index is 13.3. The van der Waals surface area contributed by atoms with Crippen molar-refractivity contribution in [2.45, 2.75) is 32.0 Å². The molecule has 2 aromatic carbocycles. The van der Waals surface area contributed by atoms with Gasteiger partial charge in [-0.1, -0.05) is 6.07 Å². The average Bonchev–Trinajstić information content (AvgIpc) is 3.36. The number of aliphatic hydroxyl groups is 1. The van der Waals surface area contributed by atoms with Gasteiger partial charge in [0.05, 0.1) is 26.6 Å². The molecule has 38 heavy (non-hydrogen) atoms. The summed E-state index contributed by atoms with van der Waals surface area (Å²) >= 11 is 0. The third-order valence-corrected chi connectivity index (χ3v) is 6.47. The normalized spacial score (nSPS) is 18.2. The van der Waals surface area contributed by atoms with E-state index in [-0.39, 0.29) is 24.9 Å². The molecule has 0 spiro atoms. The van der Waals surface area contributed by atoms with Crippen LogP contribution in [0.4, 0.5) is 4.39 Å². The van der Waals surface area contributed by atoms with Crippen LogP contribution in [0.1, 0.15) is 18.9 Å². The molecule has 0 unspecified atom stereocenters. The molecule has 1 aromatic heterocycles. The van der Waals surface area contributed by atoms with E-state index in [0.717, 1.165) is 18.5 Å². The van der Waals surface area contributed by atoms with Crippen LogP contribution >= 0.6 is 0 Å². The minimum atomic E-state index is -1.31. The van der Waals surface area contributed by atoms with Gasteiger partial charge >= 0.3 is 0 Å². The van der Waals surface area contributed by atoms with Crippen molar-refractivity contribution in [2.24, 2.45) is 0 Å². The Labute approximate surface area is 222 Å². The first-order chi connectivity index (χ1) is 18.3. The van der Waals surface area contributed by atoms with Gasteiger partial charge in [-0.2, -0.15) is 0 Å². The summed E-state index contributed by atoms with van der Waals surface area (Å²) in [6.07, 6.45) is 6.27. The van der Waals surface area contributed by atoms with Crippen molar-refractivity contribution in [1.82, 2.24) is 19.4 Å². The number of aromatic nitrogens is 2. The van der Waals surface area contributed by atoms with Crippen LogP contribution < -0.4 is 14.2 Å². The fourth-order valence-electron chi connectivity index (χ4n) is 4.52. The van der Waals surface area contributed by atoms with Crippen LogP contribution in [-0.2, 0) is 17.9 Å². The lowest BCUT2D eigenvalue weighted by Crippen LogP contribution is -2.51. The predicted octanol–water partition coefficient (Wildman–Crippen LogP) is 2.97. The summed E-state index contributed by atoms with van der Waals surface area (Å²) in [5.41, 5.74) is -0.316. The Morgan fingerprint density at radius 1 is 1.11 bits per heavy atom. The highest BCUT2D eigenvalue weighted by Crippen LogP contribution is 2.29. The first-order valence-electron chi connectivity index (χ1n) is 12.7. The Morgan fingerprint density at radius 3 is 2.63 bits per heavy atom. The molecule has 0 aliphatic carbocycles. The van der Waals surface area contributed by atoms with Crippen LogP contribution in [0.3, 0.4) is 0 Å². The van der Waals surface area contributed by atoms with Crippen molar-refractivity contribution < 1.29 is 28.5 Å². The summed E-state index contributed by atoms with van der Waals surface area (Å²) in [5.74, 6) is 1.29. The molecule has 0 bridgehead atoms. The molecule has 9 nitrogen and oxygen atoms in total. The number of ether oxygens (including phenoxy) is 3. The SMILES string of the molecule is COc1ccc(CN2CCN(C(C)=O)C[C@](O)(COc3ccc(F)cc3)C2)cc1OCCCn1ccnc1. The maximum absolute atomic E-state index is 13.3. The van der Waals surface area contributed by atoms with Crippen molar-refractivity contribution in [2.75, 3.05) is 46.5 Å². The van der Waals surface area contributed by atoms with Gasteiger partial charge in [0, 0.05) is 52.0 Å². The van der Waals surface area contributed by atoms with Crippen LogP contribution in [0.5, 0.6) is 17.2 Å². The fraction of sp³-hybridized carbons (Fsp3) is 0.429. The van der Waals surface area contributed by atoms with Crippen molar-refractivity contribution in [3.8, 4) is 17.2 Å². The van der Waals surface area contributed by atoms with Gasteiger partial charge in [0.15, 0.2) is 11.5 Å². The minimum Gasteiger partial charge on any atom is -0.493 e. The first-order valence-corrected chi connectivity index (χ1v) is 12.7. The van der Waals surface area contributed by atoms with Gasteiger partial charge in [0.1, 0.15) is 23.8 Å². The number of methoxy groups -OCH3 is 1. The van der Waals surface area contributed by atoms with E-state index in [1.165, 1.54) is 31.2 Å². The monoisotopic (exact) mass is 526 g/mol. The van der Waals surface area contributed by atoms with Gasteiger partial charge in [0.2, 0.25) is 5.91 Å². The number of carbonyl (C=O) groups is 1. The smallest absolute Gasteiger partial charge is 0.219 e. The van der Waals surface area contributed by atoms with Gasteiger partial charge < -0.3 is 28.8 Å². The predicted molar refractivity (Wildman–Crippen MR) is 140 cm³/mol. The molecule has 0 radical (unpaired) electrons. The van der Waals surface area contributed by atoms with Gasteiger partial charge in [-0.25, -0.2) is 9.37 Å². The molecule has 1 saturated heterocycles. The average molecular weight is 527 g/mol. The van der Waals surface area contributed by atoms with Crippen LogP contribution in [0.2, 0.25) is 0 Å². The van der Waals surface area contributed by atoms with Crippen molar-refractivity contribution >= 4 is 5.91 Å². The molecule has 0 saturated carbocycles. The van der Waals surface area contributed by atoms with Gasteiger partial charge in [-0.15, -0.1) is 0 Å². The standard InChI is InChI=1S/C28H35FN4O5/c1-22(34)33-14-13-32(18-28(35,19-33)20-38-25-7-5-24(29)6-8-25)17-23-4-9-26(36-2)27(16-23)37-15-3-11-31-12-10-30-21-31/h4-10,12,16,21,35H,3,11,13-15,17-20H2,1-2H3/t28-/m0/s1. The largest absolute Gasteiger partial charge is 0.493 e. The topological polar surface area (TPSA) is 89.3 Å². The molecule has 3 aromatic rings. The van der Waals surface area contributed by atoms with E-state index in [2.05, 4.69) is 9.88 Å². The molecule has 1 aliphatic rings. The molecule has 1 amide bonds. The number of β-amino-alcohol motifs (C(OH)–C–C–N with tert-alkyl or cyclic N) is 1. The zero-order valence-electron chi connectivity index (χ0n) is 21.9. The second-order valence-corrected chi connectivity index (χ2v) is 9.61. The zero-order valence-corrected chi connectivity index (χ0v) is 21.9. The number of hydrogen-bond acceptors (Lipinski definition) is 7. The van der Waals surface area contributed by atoms with E-state index in [9.17, 15) is 14.3 Å². The highest BCUT2D eigenvalue weighted by atomic mass is 19.1. The number of halogens is 1. The number of carbonyl (C=O) groups excluding carboxylic acids is 1. The Kier molecular flexibility index (Phi) is 9.19. The molecule has 1 fully saturated rings. The molecule has 10 heteroatoms. The Hall–Kier alpha value is -3.63. The quantitative estimate of drug-likeness (QED) is 0.384. The molecule has 1 atom stereocenters. The first kappa shape index (κ1) is 27.4. The molecule has 1 aliphatic heterocycles. The fourth-order valence-corrected chi connectivity index (χ4v) is 4.52. The highest BCUT2D eigenvalue weighted by Gasteiger charge is 2.37. The van der Waals surface area contributed by atoms with Crippen LogP contribution in [0.25, 0.3) is 0 Å². The maximum Gasteiger partial charge on any atom is 0.219 e. The van der Waals surface area contributed by atoms with Crippen molar-refractivity contribution in [3.05, 3.63) is 72.6 Å². The lowest BCUT2D eigenvalue weighted by molar-refractivity contribution is -0.132. The van der Waals surface area contributed by atoms with Crippen LogP contribution in [0, 0.1) is 5.82 Å². The molecule has 2 heterocycles. The Balaban J connectivity index is 1.41. The van der Waals surface area contributed by atoms with Crippen molar-refractivity contribution in [1.29, 1.82) is 0 Å². The molecular formula is C28H35FN4O5. The summed E-state index contributed by atoms with van der Waals surface area (Å²) < 4.78 is 32.6. The number of hydrogen-bond donors (Lipinski definition) is 1. The van der Waals surface area contributed by atoms with Crippen LogP contribution in [0.15, 0.2) is 61.2 Å². The third-order valence-electron chi connectivity index (χ3n) is 6.47. The van der Waals surface area contributed by atoms with Crippen molar-refractivity contribution in [3.63, 3.8) is 0 Å². The molecular weight excluding hydrogens is 491 g/mol. The van der Waals surface area contributed by atoms with E-state index in [1.807, 2.05) is 29.0 Å². The van der Waals surface area contributed by atoms with E-state index in [0.29, 0.717) is 50.0 Å². The number of imidazole rings is 1. The Morgan fingerprint density at radius 2 is 1.92 bits per heavy atom. The summed E-state index contributed by atoms with van der Waals surface area (Å²) in [6, 6.07) is 11.5. The van der Waals surface area contributed by atoms with E-state index < -0.39 is 5.60 Å². The summed E-state index contributed by atoms with van der Waals surface area (Å²) in [6.45, 7) is 4.85. The zero-order chi connectivity index (χ0) is 27.0. The lowest BCUT2D eigenvalue weighted by atomic mass is 10.0. The van der Waals surface area contributed by atoms with Gasteiger partial charge in [-0.05, 0) is 48.4 Å². The van der Waals surface area contributed by atoms with E-state index in [1.54, 1.807) is 24.5 Å². The van der Waals surface area contributed by atoms with E-state index in [4.69, 9.17) is 14.2 Å². The van der Waals surface area contributed by atoms with E-state index >= 15 is 0 Å². The summed E-state index contributed by atoms with van der Waals surface area (Å²) in [5, 5.41) is 11.5. The molecule has 1 N–H and O–H groups in total. The summed E-state index contributed by atoms with van der Waals surface area (Å²) in [4.78, 5) is 20.0. The third kappa shape index (κ3) is 7.69. The molecule has 4 rings (SSSR count). The van der Waals surface area contributed by atoms with Crippen LogP contribution in [-0.4, -0.2) is 82.5 Å². The number of amides is 1. The van der Waals surface area contributed by atoms with Gasteiger partial charge in [0.25, 0.3) is 0 Å². The highest BCUT2D eigenvalue weighted by molar-refractivity contribution is 5.73. The number of nitrogens with zero attached hydrogens (tertiary/aromatic N) is 4. The van der Waals surface area contributed by atoms with Gasteiger partial charge in [-0.3, -0.25) is 9.69 Å². The number of aryl methyl sites for hydroxylation is 1. The minimum absolute atomic E-state index is 0.0349. The second kappa shape index (κ2) is 12.7. The Bertz CT molecular complexity index is 1170. The summed E-state index contributed by atoms with van der Waals surface area (Å²) in [7, 11) is 1.61. The molecule has 204 valence electrons. The lowest BCUT2D eigenvalue weighted by Gasteiger charge is -2.32. The number of benzene rings is 2.